The first-order chi connectivity index (χ1) is 10.0. The summed E-state index contributed by atoms with van der Waals surface area (Å²) in [6, 6.07) is -0.0314. The summed E-state index contributed by atoms with van der Waals surface area (Å²) in [6.45, 7) is 2.43. The van der Waals surface area contributed by atoms with E-state index in [0.717, 1.165) is 10.7 Å². The molecule has 1 aliphatic heterocycles. The molecular formula is C14H17N3O3S. The Morgan fingerprint density at radius 1 is 1.52 bits per heavy atom. The van der Waals surface area contributed by atoms with Gasteiger partial charge in [0.15, 0.2) is 4.96 Å². The van der Waals surface area contributed by atoms with Crippen molar-refractivity contribution in [3.8, 4) is 0 Å². The summed E-state index contributed by atoms with van der Waals surface area (Å²) in [4.78, 5) is 30.5. The number of piperidine rings is 1. The average molecular weight is 307 g/mol. The SMILES string of the molecule is CC1CC(C(=O)O)CCN1C(=O)Cc1cn2ccsc2n1. The maximum Gasteiger partial charge on any atom is 0.306 e. The quantitative estimate of drug-likeness (QED) is 0.935. The van der Waals surface area contributed by atoms with Crippen LogP contribution in [-0.4, -0.2) is 43.9 Å². The van der Waals surface area contributed by atoms with E-state index in [1.54, 1.807) is 4.90 Å². The predicted octanol–water partition coefficient (Wildman–Crippen LogP) is 1.65. The van der Waals surface area contributed by atoms with Gasteiger partial charge in [-0.15, -0.1) is 11.3 Å². The number of carbonyl (C=O) groups excluding carboxylic acids is 1. The molecule has 1 saturated heterocycles. The lowest BCUT2D eigenvalue weighted by Gasteiger charge is -2.36. The van der Waals surface area contributed by atoms with Gasteiger partial charge in [-0.3, -0.25) is 14.0 Å². The number of hydrogen-bond acceptors (Lipinski definition) is 4. The minimum absolute atomic E-state index is 0.0251. The number of nitrogens with zero attached hydrogens (tertiary/aromatic N) is 3. The molecule has 0 bridgehead atoms. The first-order valence-corrected chi connectivity index (χ1v) is 7.86. The van der Waals surface area contributed by atoms with Crippen molar-refractivity contribution in [2.75, 3.05) is 6.54 Å². The fourth-order valence-corrected chi connectivity index (χ4v) is 3.60. The number of imidazole rings is 1. The van der Waals surface area contributed by atoms with E-state index < -0.39 is 5.97 Å². The molecule has 2 aromatic rings. The Morgan fingerprint density at radius 2 is 2.33 bits per heavy atom. The highest BCUT2D eigenvalue weighted by molar-refractivity contribution is 7.15. The highest BCUT2D eigenvalue weighted by Gasteiger charge is 2.32. The van der Waals surface area contributed by atoms with Gasteiger partial charge in [-0.1, -0.05) is 0 Å². The lowest BCUT2D eigenvalue weighted by molar-refractivity contribution is -0.147. The lowest BCUT2D eigenvalue weighted by atomic mass is 9.91. The first-order valence-electron chi connectivity index (χ1n) is 6.98. The van der Waals surface area contributed by atoms with Gasteiger partial charge in [-0.2, -0.15) is 0 Å². The normalized spacial score (nSPS) is 22.6. The van der Waals surface area contributed by atoms with Crippen LogP contribution in [0.5, 0.6) is 0 Å². The summed E-state index contributed by atoms with van der Waals surface area (Å²) in [5.41, 5.74) is 0.763. The summed E-state index contributed by atoms with van der Waals surface area (Å²) in [5, 5.41) is 11.0. The average Bonchev–Trinajstić information content (AvgIpc) is 2.99. The zero-order valence-corrected chi connectivity index (χ0v) is 12.5. The zero-order valence-electron chi connectivity index (χ0n) is 11.7. The van der Waals surface area contributed by atoms with Gasteiger partial charge < -0.3 is 10.0 Å². The second kappa shape index (κ2) is 5.48. The fraction of sp³-hybridized carbons (Fsp3) is 0.500. The monoisotopic (exact) mass is 307 g/mol. The smallest absolute Gasteiger partial charge is 0.306 e. The number of likely N-dealkylation sites (tertiary alicyclic amines) is 1. The van der Waals surface area contributed by atoms with E-state index in [1.165, 1.54) is 11.3 Å². The Balaban J connectivity index is 1.65. The number of carboxylic acid groups (broad SMARTS) is 1. The van der Waals surface area contributed by atoms with Crippen LogP contribution in [0.2, 0.25) is 0 Å². The summed E-state index contributed by atoms with van der Waals surface area (Å²) < 4.78 is 1.91. The van der Waals surface area contributed by atoms with Gasteiger partial charge in [0.1, 0.15) is 0 Å². The maximum absolute atomic E-state index is 12.4. The van der Waals surface area contributed by atoms with Crippen molar-refractivity contribution in [1.29, 1.82) is 0 Å². The van der Waals surface area contributed by atoms with Gasteiger partial charge in [0, 0.05) is 30.4 Å². The number of thiazole rings is 1. The standard InChI is InChI=1S/C14H17N3O3S/c1-9-6-10(13(19)20)2-3-17(9)12(18)7-11-8-16-4-5-21-14(16)15-11/h4-5,8-10H,2-3,6-7H2,1H3,(H,19,20). The number of amides is 1. The largest absolute Gasteiger partial charge is 0.481 e. The van der Waals surface area contributed by atoms with Crippen LogP contribution >= 0.6 is 11.3 Å². The Bertz CT molecular complexity index is 649. The van der Waals surface area contributed by atoms with E-state index in [9.17, 15) is 9.59 Å². The minimum atomic E-state index is -0.761. The van der Waals surface area contributed by atoms with Crippen LogP contribution in [0.1, 0.15) is 25.5 Å². The molecule has 0 spiro atoms. The van der Waals surface area contributed by atoms with E-state index in [0.29, 0.717) is 19.4 Å². The van der Waals surface area contributed by atoms with E-state index in [4.69, 9.17) is 5.11 Å². The lowest BCUT2D eigenvalue weighted by Crippen LogP contribution is -2.46. The predicted molar refractivity (Wildman–Crippen MR) is 78.3 cm³/mol. The van der Waals surface area contributed by atoms with Crippen LogP contribution < -0.4 is 0 Å². The molecule has 1 N–H and O–H groups in total. The number of rotatable bonds is 3. The number of fused-ring (bicyclic) bond motifs is 1. The molecule has 0 aliphatic carbocycles. The molecule has 1 aliphatic rings. The van der Waals surface area contributed by atoms with Crippen molar-refractivity contribution in [3.05, 3.63) is 23.5 Å². The van der Waals surface area contributed by atoms with Gasteiger partial charge in [0.25, 0.3) is 0 Å². The molecule has 2 unspecified atom stereocenters. The van der Waals surface area contributed by atoms with E-state index in [1.807, 2.05) is 29.1 Å². The molecule has 3 rings (SSSR count). The first kappa shape index (κ1) is 14.1. The molecule has 2 atom stereocenters. The van der Waals surface area contributed by atoms with Crippen molar-refractivity contribution in [1.82, 2.24) is 14.3 Å². The molecule has 112 valence electrons. The number of hydrogen-bond donors (Lipinski definition) is 1. The third-order valence-corrected chi connectivity index (χ3v) is 4.79. The summed E-state index contributed by atoms with van der Waals surface area (Å²) >= 11 is 1.54. The molecule has 2 aromatic heterocycles. The van der Waals surface area contributed by atoms with Crippen molar-refractivity contribution in [2.45, 2.75) is 32.2 Å². The molecule has 3 heterocycles. The van der Waals surface area contributed by atoms with Gasteiger partial charge in [-0.05, 0) is 19.8 Å². The molecule has 1 fully saturated rings. The molecular weight excluding hydrogens is 290 g/mol. The molecule has 21 heavy (non-hydrogen) atoms. The second-order valence-corrected chi connectivity index (χ2v) is 6.37. The zero-order chi connectivity index (χ0) is 15.0. The summed E-state index contributed by atoms with van der Waals surface area (Å²) in [6.07, 6.45) is 5.12. The Labute approximate surface area is 126 Å². The summed E-state index contributed by atoms with van der Waals surface area (Å²) in [7, 11) is 0. The minimum Gasteiger partial charge on any atom is -0.481 e. The molecule has 0 saturated carbocycles. The molecule has 1 amide bonds. The van der Waals surface area contributed by atoms with Gasteiger partial charge in [-0.25, -0.2) is 4.98 Å². The number of carbonyl (C=O) groups is 2. The highest BCUT2D eigenvalue weighted by Crippen LogP contribution is 2.24. The summed E-state index contributed by atoms with van der Waals surface area (Å²) in [5.74, 6) is -1.07. The highest BCUT2D eigenvalue weighted by atomic mass is 32.1. The van der Waals surface area contributed by atoms with Crippen LogP contribution in [0.15, 0.2) is 17.8 Å². The molecule has 7 heteroatoms. The molecule has 0 radical (unpaired) electrons. The second-order valence-electron chi connectivity index (χ2n) is 5.50. The topological polar surface area (TPSA) is 74.9 Å². The van der Waals surface area contributed by atoms with Crippen molar-refractivity contribution < 1.29 is 14.7 Å². The van der Waals surface area contributed by atoms with Gasteiger partial charge >= 0.3 is 5.97 Å². The van der Waals surface area contributed by atoms with Crippen molar-refractivity contribution in [3.63, 3.8) is 0 Å². The Hall–Kier alpha value is -1.89. The number of carboxylic acids is 1. The van der Waals surface area contributed by atoms with Gasteiger partial charge in [0.2, 0.25) is 5.91 Å². The van der Waals surface area contributed by atoms with Gasteiger partial charge in [0.05, 0.1) is 18.0 Å². The fourth-order valence-electron chi connectivity index (χ4n) is 2.88. The van der Waals surface area contributed by atoms with Crippen LogP contribution in [0.4, 0.5) is 0 Å². The molecule has 0 aromatic carbocycles. The van der Waals surface area contributed by atoms with Crippen LogP contribution in [0, 0.1) is 5.92 Å². The molecule has 6 nitrogen and oxygen atoms in total. The van der Waals surface area contributed by atoms with Crippen LogP contribution in [0.25, 0.3) is 4.96 Å². The third-order valence-electron chi connectivity index (χ3n) is 4.02. The number of aromatic nitrogens is 2. The number of aliphatic carboxylic acids is 1. The van der Waals surface area contributed by atoms with Crippen molar-refractivity contribution in [2.24, 2.45) is 5.92 Å². The Morgan fingerprint density at radius 3 is 3.00 bits per heavy atom. The van der Waals surface area contributed by atoms with E-state index in [-0.39, 0.29) is 24.3 Å². The maximum atomic E-state index is 12.4. The van der Waals surface area contributed by atoms with Crippen LogP contribution in [-0.2, 0) is 16.0 Å². The van der Waals surface area contributed by atoms with E-state index >= 15 is 0 Å². The third kappa shape index (κ3) is 2.78. The Kier molecular flexibility index (Phi) is 3.67. The van der Waals surface area contributed by atoms with Crippen LogP contribution in [0.3, 0.4) is 0 Å². The van der Waals surface area contributed by atoms with Crippen molar-refractivity contribution >= 4 is 28.2 Å². The van der Waals surface area contributed by atoms with E-state index in [2.05, 4.69) is 4.98 Å².